The summed E-state index contributed by atoms with van der Waals surface area (Å²) in [7, 11) is 0. The maximum Gasteiger partial charge on any atom is 0.490 e. The third kappa shape index (κ3) is 8.82. The van der Waals surface area contributed by atoms with E-state index in [1.807, 2.05) is 19.3 Å². The molecule has 0 aromatic carbocycles. The average molecular weight is 514 g/mol. The summed E-state index contributed by atoms with van der Waals surface area (Å²) >= 11 is 0. The summed E-state index contributed by atoms with van der Waals surface area (Å²) in [6.45, 7) is 6.97. The number of rotatable bonds is 3. The van der Waals surface area contributed by atoms with E-state index in [1.165, 1.54) is 51.6 Å². The van der Waals surface area contributed by atoms with Crippen molar-refractivity contribution < 1.29 is 46.1 Å². The van der Waals surface area contributed by atoms with E-state index in [1.54, 1.807) is 0 Å². The van der Waals surface area contributed by atoms with Gasteiger partial charge in [0.15, 0.2) is 0 Å². The van der Waals surface area contributed by atoms with Gasteiger partial charge in [0.05, 0.1) is 0 Å². The molecule has 198 valence electrons. The van der Waals surface area contributed by atoms with Crippen LogP contribution < -0.4 is 4.90 Å². The Kier molecular flexibility index (Phi) is 9.31. The van der Waals surface area contributed by atoms with Crippen molar-refractivity contribution in [1.29, 1.82) is 0 Å². The van der Waals surface area contributed by atoms with Gasteiger partial charge in [-0.25, -0.2) is 19.6 Å². The number of piperidine rings is 1. The zero-order chi connectivity index (χ0) is 26.4. The second kappa shape index (κ2) is 11.4. The SMILES string of the molecule is Cc1cnc(N2CCC3(CCCN3CC3CC3)CC2)nc1.O=C(O)C(F)(F)F.O=C(O)C(F)(F)F. The molecular formula is C21H28F6N4O4. The topological polar surface area (TPSA) is 107 Å². The van der Waals surface area contributed by atoms with Gasteiger partial charge < -0.3 is 15.1 Å². The molecule has 2 N–H and O–H groups in total. The van der Waals surface area contributed by atoms with Gasteiger partial charge in [0.1, 0.15) is 0 Å². The van der Waals surface area contributed by atoms with Crippen LogP contribution in [0.2, 0.25) is 0 Å². The van der Waals surface area contributed by atoms with Crippen LogP contribution in [0, 0.1) is 12.8 Å². The van der Waals surface area contributed by atoms with Crippen molar-refractivity contribution in [3.8, 4) is 0 Å². The summed E-state index contributed by atoms with van der Waals surface area (Å²) < 4.78 is 63.5. The zero-order valence-corrected chi connectivity index (χ0v) is 19.1. The Bertz CT molecular complexity index is 827. The molecule has 2 aliphatic heterocycles. The molecule has 14 heteroatoms. The first kappa shape index (κ1) is 28.6. The number of likely N-dealkylation sites (tertiary alicyclic amines) is 1. The number of carboxylic acids is 2. The Morgan fingerprint density at radius 3 is 1.80 bits per heavy atom. The van der Waals surface area contributed by atoms with Crippen LogP contribution in [0.1, 0.15) is 44.1 Å². The Hall–Kier alpha value is -2.64. The van der Waals surface area contributed by atoms with Gasteiger partial charge in [-0.2, -0.15) is 26.3 Å². The van der Waals surface area contributed by atoms with Gasteiger partial charge in [-0.1, -0.05) is 0 Å². The van der Waals surface area contributed by atoms with Crippen LogP contribution in [-0.4, -0.2) is 81.1 Å². The molecule has 1 aromatic heterocycles. The van der Waals surface area contributed by atoms with Gasteiger partial charge in [0.25, 0.3) is 0 Å². The zero-order valence-electron chi connectivity index (χ0n) is 19.1. The summed E-state index contributed by atoms with van der Waals surface area (Å²) in [6, 6.07) is 0. The standard InChI is InChI=1S/C17H26N4.2C2HF3O2/c1-14-11-18-16(19-12-14)20-9-6-17(7-10-20)5-2-8-21(17)13-15-3-4-15;2*3-2(4,5)1(6)7/h11-12,15H,2-10,13H2,1H3;2*(H,6,7). The number of aliphatic carboxylic acids is 2. The molecule has 0 atom stereocenters. The fourth-order valence-corrected chi connectivity index (χ4v) is 4.13. The van der Waals surface area contributed by atoms with Crippen LogP contribution in [0.3, 0.4) is 0 Å². The number of carboxylic acid groups (broad SMARTS) is 2. The first-order chi connectivity index (χ1) is 16.1. The molecular weight excluding hydrogens is 486 g/mol. The van der Waals surface area contributed by atoms with Crippen molar-refractivity contribution in [3.05, 3.63) is 18.0 Å². The highest BCUT2D eigenvalue weighted by Gasteiger charge is 2.45. The first-order valence-electron chi connectivity index (χ1n) is 11.0. The molecule has 0 bridgehead atoms. The second-order valence-electron chi connectivity index (χ2n) is 8.87. The highest BCUT2D eigenvalue weighted by Crippen LogP contribution is 2.42. The molecule has 1 saturated carbocycles. The van der Waals surface area contributed by atoms with Crippen LogP contribution in [0.25, 0.3) is 0 Å². The lowest BCUT2D eigenvalue weighted by Gasteiger charge is -2.45. The van der Waals surface area contributed by atoms with Crippen molar-refractivity contribution in [1.82, 2.24) is 14.9 Å². The van der Waals surface area contributed by atoms with Crippen molar-refractivity contribution in [2.45, 2.75) is 63.3 Å². The highest BCUT2D eigenvalue weighted by molar-refractivity contribution is 5.73. The Labute approximate surface area is 197 Å². The summed E-state index contributed by atoms with van der Waals surface area (Å²) in [5, 5.41) is 14.2. The number of hydrogen-bond acceptors (Lipinski definition) is 6. The molecule has 35 heavy (non-hydrogen) atoms. The largest absolute Gasteiger partial charge is 0.490 e. The van der Waals surface area contributed by atoms with E-state index in [4.69, 9.17) is 19.8 Å². The predicted molar refractivity (Wildman–Crippen MR) is 112 cm³/mol. The maximum atomic E-state index is 10.6. The lowest BCUT2D eigenvalue weighted by molar-refractivity contribution is -0.193. The second-order valence-corrected chi connectivity index (χ2v) is 8.87. The summed E-state index contributed by atoms with van der Waals surface area (Å²) in [5.41, 5.74) is 1.64. The molecule has 0 amide bonds. The Balaban J connectivity index is 0.000000257. The average Bonchev–Trinajstić information content (AvgIpc) is 3.50. The highest BCUT2D eigenvalue weighted by atomic mass is 19.4. The van der Waals surface area contributed by atoms with Crippen LogP contribution in [0.4, 0.5) is 32.3 Å². The number of alkyl halides is 6. The van der Waals surface area contributed by atoms with Crippen molar-refractivity contribution in [3.63, 3.8) is 0 Å². The number of aromatic nitrogens is 2. The Morgan fingerprint density at radius 2 is 1.40 bits per heavy atom. The van der Waals surface area contributed by atoms with Gasteiger partial charge in [0.2, 0.25) is 5.95 Å². The molecule has 4 rings (SSSR count). The van der Waals surface area contributed by atoms with Crippen LogP contribution >= 0.6 is 0 Å². The summed E-state index contributed by atoms with van der Waals surface area (Å²) in [5.74, 6) is -3.58. The van der Waals surface area contributed by atoms with Gasteiger partial charge in [-0.3, -0.25) is 4.90 Å². The number of hydrogen-bond donors (Lipinski definition) is 2. The van der Waals surface area contributed by atoms with Crippen LogP contribution in [0.5, 0.6) is 0 Å². The van der Waals surface area contributed by atoms with E-state index in [9.17, 15) is 26.3 Å². The fraction of sp³-hybridized carbons (Fsp3) is 0.714. The molecule has 1 aliphatic carbocycles. The van der Waals surface area contributed by atoms with Gasteiger partial charge in [-0.15, -0.1) is 0 Å². The van der Waals surface area contributed by atoms with E-state index >= 15 is 0 Å². The van der Waals surface area contributed by atoms with E-state index < -0.39 is 24.3 Å². The molecule has 3 aliphatic rings. The summed E-state index contributed by atoms with van der Waals surface area (Å²) in [4.78, 5) is 32.0. The minimum Gasteiger partial charge on any atom is -0.475 e. The van der Waals surface area contributed by atoms with Crippen molar-refractivity contribution >= 4 is 17.9 Å². The smallest absolute Gasteiger partial charge is 0.475 e. The number of aryl methyl sites for hydroxylation is 1. The molecule has 1 spiro atoms. The van der Waals surface area contributed by atoms with Crippen molar-refractivity contribution in [2.75, 3.05) is 31.1 Å². The third-order valence-electron chi connectivity index (χ3n) is 6.15. The molecule has 3 fully saturated rings. The Morgan fingerprint density at radius 1 is 0.943 bits per heavy atom. The van der Waals surface area contributed by atoms with E-state index in [-0.39, 0.29) is 0 Å². The quantitative estimate of drug-likeness (QED) is 0.586. The first-order valence-corrected chi connectivity index (χ1v) is 11.0. The molecule has 3 heterocycles. The van der Waals surface area contributed by atoms with E-state index in [0.717, 1.165) is 30.5 Å². The number of nitrogens with zero attached hydrogens (tertiary/aromatic N) is 4. The number of halogens is 6. The number of carbonyl (C=O) groups is 2. The molecule has 2 saturated heterocycles. The van der Waals surface area contributed by atoms with Crippen LogP contribution in [0.15, 0.2) is 12.4 Å². The fourth-order valence-electron chi connectivity index (χ4n) is 4.13. The molecule has 1 aromatic rings. The normalized spacial score (nSPS) is 19.9. The monoisotopic (exact) mass is 514 g/mol. The minimum atomic E-state index is -5.08. The van der Waals surface area contributed by atoms with Gasteiger partial charge >= 0.3 is 24.3 Å². The number of anilines is 1. The van der Waals surface area contributed by atoms with Gasteiger partial charge in [0, 0.05) is 37.6 Å². The molecule has 0 radical (unpaired) electrons. The lowest BCUT2D eigenvalue weighted by Crippen LogP contribution is -2.53. The van der Waals surface area contributed by atoms with E-state index in [0.29, 0.717) is 5.54 Å². The lowest BCUT2D eigenvalue weighted by atomic mass is 9.85. The maximum absolute atomic E-state index is 10.6. The predicted octanol–water partition coefficient (Wildman–Crippen LogP) is 3.90. The third-order valence-corrected chi connectivity index (χ3v) is 6.15. The summed E-state index contributed by atoms with van der Waals surface area (Å²) in [6.07, 6.45) is 2.01. The van der Waals surface area contributed by atoms with E-state index in [2.05, 4.69) is 19.8 Å². The van der Waals surface area contributed by atoms with Crippen LogP contribution in [-0.2, 0) is 9.59 Å². The molecule has 8 nitrogen and oxygen atoms in total. The minimum absolute atomic E-state index is 0.504. The molecule has 0 unspecified atom stereocenters. The van der Waals surface area contributed by atoms with Gasteiger partial charge in [-0.05, 0) is 63.5 Å². The van der Waals surface area contributed by atoms with Crippen molar-refractivity contribution in [2.24, 2.45) is 5.92 Å².